The van der Waals surface area contributed by atoms with Crippen LogP contribution >= 0.6 is 15.9 Å². The highest BCUT2D eigenvalue weighted by molar-refractivity contribution is 9.10. The minimum Gasteiger partial charge on any atom is -0.434 e. The van der Waals surface area contributed by atoms with Gasteiger partial charge >= 0.3 is 0 Å². The summed E-state index contributed by atoms with van der Waals surface area (Å²) < 4.78 is 1.17. The van der Waals surface area contributed by atoms with Gasteiger partial charge in [0.1, 0.15) is 5.69 Å². The predicted molar refractivity (Wildman–Crippen MR) is 48.7 cm³/mol. The maximum atomic E-state index is 4.01. The lowest BCUT2D eigenvalue weighted by atomic mass is 10.2. The highest BCUT2D eigenvalue weighted by Gasteiger charge is 2.16. The smallest absolute Gasteiger partial charge is 0.108 e. The number of rotatable bonds is 0. The van der Waals surface area contributed by atoms with Gasteiger partial charge in [-0.2, -0.15) is 0 Å². The Labute approximate surface area is 75.1 Å². The first-order valence-corrected chi connectivity index (χ1v) is 4.53. The Morgan fingerprint density at radius 2 is 2.27 bits per heavy atom. The molecule has 2 heteroatoms. The lowest BCUT2D eigenvalue weighted by molar-refractivity contribution is -0.775. The topological polar surface area (TPSA) is 4.44 Å². The fourth-order valence-electron chi connectivity index (χ4n) is 1.53. The van der Waals surface area contributed by atoms with Gasteiger partial charge in [-0.15, -0.1) is 7.05 Å². The monoisotopic (exact) mass is 211 g/mol. The Morgan fingerprint density at radius 1 is 1.45 bits per heavy atom. The molecule has 0 spiro atoms. The Kier molecular flexibility index (Phi) is 1.74. The van der Waals surface area contributed by atoms with Crippen molar-refractivity contribution in [1.82, 2.24) is 0 Å². The van der Waals surface area contributed by atoms with Gasteiger partial charge in [0.05, 0.1) is 6.54 Å². The second-order valence-electron chi connectivity index (χ2n) is 2.91. The standard InChI is InChI=1S/C9H10BrN/c1-11-5-4-7-6-8(10)2-3-9(7)11/h2-3,6,11H,1,4-5H2. The SMILES string of the molecule is [CH2-][NH+]1CCc2cc(Br)ccc21. The van der Waals surface area contributed by atoms with E-state index >= 15 is 0 Å². The molecule has 0 aliphatic carbocycles. The average Bonchev–Trinajstić information content (AvgIpc) is 2.32. The Balaban J connectivity index is 2.50. The molecule has 0 saturated heterocycles. The summed E-state index contributed by atoms with van der Waals surface area (Å²) in [5.74, 6) is 0. The number of nitrogens with one attached hydrogen (secondary N) is 1. The summed E-state index contributed by atoms with van der Waals surface area (Å²) in [6.07, 6.45) is 1.16. The average molecular weight is 212 g/mol. The summed E-state index contributed by atoms with van der Waals surface area (Å²) in [7, 11) is 4.01. The fourth-order valence-corrected chi connectivity index (χ4v) is 1.94. The van der Waals surface area contributed by atoms with Gasteiger partial charge in [-0.1, -0.05) is 15.9 Å². The van der Waals surface area contributed by atoms with Crippen molar-refractivity contribution in [2.24, 2.45) is 0 Å². The van der Waals surface area contributed by atoms with Crippen LogP contribution < -0.4 is 4.90 Å². The molecule has 58 valence electrons. The van der Waals surface area contributed by atoms with E-state index in [0.29, 0.717) is 0 Å². The lowest BCUT2D eigenvalue weighted by Gasteiger charge is -2.12. The van der Waals surface area contributed by atoms with Crippen molar-refractivity contribution in [2.75, 3.05) is 6.54 Å². The first kappa shape index (κ1) is 7.32. The Bertz CT molecular complexity index is 283. The maximum Gasteiger partial charge on any atom is 0.108 e. The van der Waals surface area contributed by atoms with Crippen molar-refractivity contribution in [3.63, 3.8) is 0 Å². The van der Waals surface area contributed by atoms with Crippen molar-refractivity contribution in [3.8, 4) is 0 Å². The van der Waals surface area contributed by atoms with Crippen LogP contribution in [0.1, 0.15) is 5.56 Å². The first-order valence-electron chi connectivity index (χ1n) is 3.74. The van der Waals surface area contributed by atoms with Crippen LogP contribution in [0.3, 0.4) is 0 Å². The summed E-state index contributed by atoms with van der Waals surface area (Å²) in [6, 6.07) is 6.41. The highest BCUT2D eigenvalue weighted by Crippen LogP contribution is 2.20. The van der Waals surface area contributed by atoms with Crippen LogP contribution in [-0.2, 0) is 6.42 Å². The van der Waals surface area contributed by atoms with Crippen LogP contribution in [0.15, 0.2) is 22.7 Å². The Morgan fingerprint density at radius 3 is 3.09 bits per heavy atom. The number of halogens is 1. The minimum absolute atomic E-state index is 1.13. The fraction of sp³-hybridized carbons (Fsp3) is 0.222. The molecule has 11 heavy (non-hydrogen) atoms. The summed E-state index contributed by atoms with van der Waals surface area (Å²) in [4.78, 5) is 1.28. The van der Waals surface area contributed by atoms with Gasteiger partial charge < -0.3 is 4.90 Å². The molecular weight excluding hydrogens is 202 g/mol. The third-order valence-electron chi connectivity index (χ3n) is 2.14. The van der Waals surface area contributed by atoms with Crippen molar-refractivity contribution >= 4 is 21.6 Å². The van der Waals surface area contributed by atoms with E-state index in [0.717, 1.165) is 13.0 Å². The van der Waals surface area contributed by atoms with Crippen molar-refractivity contribution in [1.29, 1.82) is 0 Å². The van der Waals surface area contributed by atoms with E-state index in [1.807, 2.05) is 0 Å². The molecule has 1 aromatic rings. The zero-order valence-electron chi connectivity index (χ0n) is 6.23. The second kappa shape index (κ2) is 2.61. The molecule has 0 radical (unpaired) electrons. The number of quaternary nitrogens is 1. The van der Waals surface area contributed by atoms with Gasteiger partial charge in [-0.25, -0.2) is 0 Å². The third kappa shape index (κ3) is 1.21. The van der Waals surface area contributed by atoms with Crippen molar-refractivity contribution < 1.29 is 4.90 Å². The lowest BCUT2D eigenvalue weighted by Crippen LogP contribution is -3.00. The van der Waals surface area contributed by atoms with Gasteiger partial charge in [0, 0.05) is 16.5 Å². The predicted octanol–water partition coefficient (Wildman–Crippen LogP) is 1.31. The van der Waals surface area contributed by atoms with Gasteiger partial charge in [0.2, 0.25) is 0 Å². The molecule has 1 aromatic carbocycles. The summed E-state index contributed by atoms with van der Waals surface area (Å²) >= 11 is 3.46. The number of fused-ring (bicyclic) bond motifs is 1. The van der Waals surface area contributed by atoms with E-state index < -0.39 is 0 Å². The van der Waals surface area contributed by atoms with Crippen LogP contribution in [-0.4, -0.2) is 6.54 Å². The van der Waals surface area contributed by atoms with E-state index in [4.69, 9.17) is 0 Å². The quantitative estimate of drug-likeness (QED) is 0.618. The van der Waals surface area contributed by atoms with Crippen LogP contribution in [0.25, 0.3) is 0 Å². The maximum absolute atomic E-state index is 4.01. The normalized spacial score (nSPS) is 21.8. The zero-order valence-corrected chi connectivity index (χ0v) is 7.82. The molecule has 1 aliphatic heterocycles. The van der Waals surface area contributed by atoms with Crippen LogP contribution in [0.4, 0.5) is 5.69 Å². The second-order valence-corrected chi connectivity index (χ2v) is 3.82. The van der Waals surface area contributed by atoms with Crippen molar-refractivity contribution in [3.05, 3.63) is 35.3 Å². The van der Waals surface area contributed by atoms with E-state index in [9.17, 15) is 0 Å². The van der Waals surface area contributed by atoms with Crippen LogP contribution in [0.5, 0.6) is 0 Å². The molecular formula is C9H10BrN. The van der Waals surface area contributed by atoms with Gasteiger partial charge in [-0.05, 0) is 18.2 Å². The molecule has 0 aromatic heterocycles. The van der Waals surface area contributed by atoms with Gasteiger partial charge in [-0.3, -0.25) is 0 Å². The highest BCUT2D eigenvalue weighted by atomic mass is 79.9. The summed E-state index contributed by atoms with van der Waals surface area (Å²) in [5.41, 5.74) is 2.79. The van der Waals surface area contributed by atoms with Crippen LogP contribution in [0, 0.1) is 7.05 Å². The van der Waals surface area contributed by atoms with E-state index in [1.165, 1.54) is 20.6 Å². The first-order chi connectivity index (χ1) is 5.27. The Hall–Kier alpha value is -0.340. The van der Waals surface area contributed by atoms with Gasteiger partial charge in [0.25, 0.3) is 0 Å². The molecule has 0 amide bonds. The number of benzene rings is 1. The van der Waals surface area contributed by atoms with Crippen LogP contribution in [0.2, 0.25) is 0 Å². The van der Waals surface area contributed by atoms with E-state index in [1.54, 1.807) is 0 Å². The molecule has 1 aliphatic rings. The molecule has 0 fully saturated rings. The minimum atomic E-state index is 1.13. The molecule has 0 bridgehead atoms. The molecule has 0 saturated carbocycles. The third-order valence-corrected chi connectivity index (χ3v) is 2.64. The zero-order chi connectivity index (χ0) is 7.84. The molecule has 1 N–H and O–H groups in total. The molecule has 1 atom stereocenters. The molecule has 1 heterocycles. The summed E-state index contributed by atoms with van der Waals surface area (Å²) in [6.45, 7) is 1.13. The van der Waals surface area contributed by atoms with Crippen molar-refractivity contribution in [2.45, 2.75) is 6.42 Å². The van der Waals surface area contributed by atoms with E-state index in [-0.39, 0.29) is 0 Å². The molecule has 2 rings (SSSR count). The van der Waals surface area contributed by atoms with Gasteiger partial charge in [0.15, 0.2) is 0 Å². The molecule has 1 unspecified atom stereocenters. The summed E-state index contributed by atoms with van der Waals surface area (Å²) in [5, 5.41) is 0. The number of hydrogen-bond donors (Lipinski definition) is 1. The van der Waals surface area contributed by atoms with E-state index in [2.05, 4.69) is 41.2 Å². The largest absolute Gasteiger partial charge is 0.434 e. The number of hydrogen-bond acceptors (Lipinski definition) is 0. The molecule has 1 nitrogen and oxygen atoms in total.